The Hall–Kier alpha value is -11.7. The van der Waals surface area contributed by atoms with E-state index < -0.39 is 17.4 Å². The summed E-state index contributed by atoms with van der Waals surface area (Å²) in [5, 5.41) is 23.9. The summed E-state index contributed by atoms with van der Waals surface area (Å²) in [7, 11) is 3.54. The normalized spacial score (nSPS) is 14.8. The average Bonchev–Trinajstić information content (AvgIpc) is 0.780. The van der Waals surface area contributed by atoms with Crippen LogP contribution in [0.5, 0.6) is 0 Å². The number of ketones is 8. The maximum absolute atomic E-state index is 13.6. The van der Waals surface area contributed by atoms with Crippen LogP contribution in [0.25, 0.3) is 0 Å². The number of Topliss-reactive ketones (excluding diaryl/α,β-unsaturated/α-hetero) is 8. The van der Waals surface area contributed by atoms with Gasteiger partial charge in [0.25, 0.3) is 0 Å². The number of para-hydroxylation sites is 1. The topological polar surface area (TPSA) is 259 Å². The molecule has 0 bridgehead atoms. The smallest absolute Gasteiger partial charge is 0.212 e. The Kier molecular flexibility index (Phi) is 20.4. The van der Waals surface area contributed by atoms with Crippen LogP contribution in [0.2, 0.25) is 0 Å². The van der Waals surface area contributed by atoms with Crippen LogP contribution in [0.15, 0.2) is 234 Å². The highest BCUT2D eigenvalue weighted by Crippen LogP contribution is 2.33. The molecule has 0 radical (unpaired) electrons. The molecule has 8 aromatic carbocycles. The first-order valence-corrected chi connectivity index (χ1v) is 30.3. The number of nitrogens with two attached hydrogens (primary N) is 1. The number of hydrogen-bond donors (Lipinski definition) is 7. The number of nitrogens with zero attached hydrogens (tertiary/aromatic N) is 2. The fraction of sp³-hybridized carbons (Fsp3) is 0.147. The van der Waals surface area contributed by atoms with Crippen LogP contribution >= 0.6 is 0 Å². The number of fused-ring (bicyclic) bond motifs is 4. The number of likely N-dealkylation sites (N-methyl/N-ethyl adjacent to an activating group) is 1. The lowest BCUT2D eigenvalue weighted by atomic mass is 9.89. The molecular weight excluding hydrogens is 1210 g/mol. The number of carbonyl (C=O) groups is 8. The Morgan fingerprint density at radius 2 is 0.853 bits per heavy atom. The van der Waals surface area contributed by atoms with Crippen LogP contribution < -0.4 is 32.3 Å². The SMILES string of the molecule is Cc1cccc(NC2=C(N(C)C)C(=O)c3ccccc3C2=O)c1.Cc1cccc(NC2=C(NCCO)C(=O)c3ccccc3C2=O)c1.Cc1ccccc1NC1=C(N)C(=O)c2ccccc2C1=O.O=C1C(Nc2cc(F)cc(F)c2)=C(N2CCOCC2)C(=O)c2ccccc21. The molecule has 0 aromatic heterocycles. The van der Waals surface area contributed by atoms with E-state index in [0.29, 0.717) is 76.6 Å². The molecule has 480 valence electrons. The second-order valence-corrected chi connectivity index (χ2v) is 22.7. The first-order chi connectivity index (χ1) is 45.7. The molecule has 5 aliphatic rings. The molecule has 1 fully saturated rings. The Labute approximate surface area is 546 Å². The maximum atomic E-state index is 13.6. The molecule has 1 aliphatic heterocycles. The van der Waals surface area contributed by atoms with Gasteiger partial charge in [-0.3, -0.25) is 38.4 Å². The Morgan fingerprint density at radius 3 is 1.34 bits per heavy atom. The number of rotatable bonds is 13. The molecule has 0 saturated carbocycles. The fourth-order valence-electron chi connectivity index (χ4n) is 11.2. The molecule has 0 amide bonds. The largest absolute Gasteiger partial charge is 0.395 e. The summed E-state index contributed by atoms with van der Waals surface area (Å²) in [4.78, 5) is 106. The number of hydrogen-bond acceptors (Lipinski definition) is 18. The zero-order chi connectivity index (χ0) is 67.6. The van der Waals surface area contributed by atoms with Gasteiger partial charge in [0.15, 0.2) is 0 Å². The molecule has 1 heterocycles. The monoisotopic (exact) mass is 1280 g/mol. The summed E-state index contributed by atoms with van der Waals surface area (Å²) in [5.41, 5.74) is 15.7. The van der Waals surface area contributed by atoms with E-state index in [4.69, 9.17) is 15.6 Å². The van der Waals surface area contributed by atoms with E-state index in [-0.39, 0.29) is 99.1 Å². The molecule has 95 heavy (non-hydrogen) atoms. The molecule has 8 aromatic rings. The van der Waals surface area contributed by atoms with Crippen molar-refractivity contribution in [3.05, 3.63) is 306 Å². The fourth-order valence-corrected chi connectivity index (χ4v) is 11.2. The van der Waals surface area contributed by atoms with Crippen LogP contribution in [-0.4, -0.2) is 115 Å². The van der Waals surface area contributed by atoms with Crippen molar-refractivity contribution in [2.45, 2.75) is 20.8 Å². The highest BCUT2D eigenvalue weighted by Gasteiger charge is 2.38. The zero-order valence-electron chi connectivity index (χ0n) is 52.5. The lowest BCUT2D eigenvalue weighted by molar-refractivity contribution is 0.0496. The lowest BCUT2D eigenvalue weighted by Crippen LogP contribution is -2.42. The van der Waals surface area contributed by atoms with Gasteiger partial charge >= 0.3 is 0 Å². The molecule has 1 saturated heterocycles. The molecule has 4 aliphatic carbocycles. The van der Waals surface area contributed by atoms with Gasteiger partial charge in [-0.1, -0.05) is 140 Å². The number of aliphatic hydroxyl groups is 1. The molecule has 0 unspecified atom stereocenters. The van der Waals surface area contributed by atoms with E-state index in [1.807, 2.05) is 93.6 Å². The van der Waals surface area contributed by atoms with Crippen molar-refractivity contribution in [1.29, 1.82) is 0 Å². The van der Waals surface area contributed by atoms with Gasteiger partial charge < -0.3 is 52.0 Å². The first kappa shape index (κ1) is 66.2. The van der Waals surface area contributed by atoms with E-state index in [9.17, 15) is 47.1 Å². The van der Waals surface area contributed by atoms with Gasteiger partial charge in [0.1, 0.15) is 57.2 Å². The second-order valence-electron chi connectivity index (χ2n) is 22.7. The quantitative estimate of drug-likeness (QED) is 0.0566. The van der Waals surface area contributed by atoms with Crippen molar-refractivity contribution in [1.82, 2.24) is 15.1 Å². The van der Waals surface area contributed by atoms with Gasteiger partial charge in [-0.2, -0.15) is 0 Å². The summed E-state index contributed by atoms with van der Waals surface area (Å²) in [5.74, 6) is -3.62. The molecule has 13 rings (SSSR count). The van der Waals surface area contributed by atoms with Gasteiger partial charge in [0.2, 0.25) is 46.3 Å². The maximum Gasteiger partial charge on any atom is 0.212 e. The molecule has 0 spiro atoms. The van der Waals surface area contributed by atoms with Crippen LogP contribution in [-0.2, 0) is 4.74 Å². The van der Waals surface area contributed by atoms with E-state index in [2.05, 4.69) is 26.6 Å². The van der Waals surface area contributed by atoms with Crippen molar-refractivity contribution in [3.8, 4) is 0 Å². The van der Waals surface area contributed by atoms with Crippen molar-refractivity contribution < 1.29 is 57.0 Å². The van der Waals surface area contributed by atoms with Gasteiger partial charge in [-0.05, 0) is 79.9 Å². The van der Waals surface area contributed by atoms with E-state index in [1.165, 1.54) is 0 Å². The number of morpholine rings is 1. The number of aliphatic hydroxyl groups excluding tert-OH is 1. The third kappa shape index (κ3) is 14.5. The number of carbonyl (C=O) groups excluding carboxylic acids is 8. The van der Waals surface area contributed by atoms with Crippen LogP contribution in [0.3, 0.4) is 0 Å². The van der Waals surface area contributed by atoms with Gasteiger partial charge in [0.05, 0.1) is 19.8 Å². The number of anilines is 4. The highest BCUT2D eigenvalue weighted by atomic mass is 19.1. The molecule has 18 nitrogen and oxygen atoms in total. The number of allylic oxidation sites excluding steroid dienone is 8. The van der Waals surface area contributed by atoms with E-state index >= 15 is 0 Å². The minimum atomic E-state index is -0.777. The minimum absolute atomic E-state index is 0.0191. The predicted octanol–water partition coefficient (Wildman–Crippen LogP) is 11.2. The van der Waals surface area contributed by atoms with Crippen molar-refractivity contribution in [3.63, 3.8) is 0 Å². The number of ether oxygens (including phenoxy) is 1. The van der Waals surface area contributed by atoms with E-state index in [0.717, 1.165) is 52.0 Å². The number of nitrogens with one attached hydrogen (secondary N) is 5. The molecule has 20 heteroatoms. The summed E-state index contributed by atoms with van der Waals surface area (Å²) in [6.07, 6.45) is 0. The summed E-state index contributed by atoms with van der Waals surface area (Å²) in [6, 6.07) is 52.6. The predicted molar refractivity (Wildman–Crippen MR) is 358 cm³/mol. The minimum Gasteiger partial charge on any atom is -0.395 e. The zero-order valence-corrected chi connectivity index (χ0v) is 52.5. The number of aryl methyl sites for hydroxylation is 3. The molecular formula is C75H66F2N8O10. The first-order valence-electron chi connectivity index (χ1n) is 30.3. The van der Waals surface area contributed by atoms with Crippen molar-refractivity contribution >= 4 is 69.0 Å². The van der Waals surface area contributed by atoms with Gasteiger partial charge in [-0.25, -0.2) is 8.78 Å². The van der Waals surface area contributed by atoms with Crippen LogP contribution in [0, 0.1) is 32.4 Å². The third-order valence-corrected chi connectivity index (χ3v) is 15.8. The van der Waals surface area contributed by atoms with Gasteiger partial charge in [0, 0.05) is 107 Å². The summed E-state index contributed by atoms with van der Waals surface area (Å²) < 4.78 is 32.5. The highest BCUT2D eigenvalue weighted by molar-refractivity contribution is 6.30. The van der Waals surface area contributed by atoms with Crippen molar-refractivity contribution in [2.75, 3.05) is 74.8 Å². The number of halogens is 2. The standard InChI is InChI=1S/C20H16F2N2O3.C19H18N2O3.C19H18N2O2.C17H14N2O2/c21-12-9-13(22)11-14(10-12)23-17-18(24-5-7-27-8-6-24)20(26)16-4-2-1-3-15(16)19(17)25;1-12-5-4-6-13(11-12)21-17-16(20-9-10-22)18(23)14-7-2-3-8-15(14)19(17)24;1-12-7-6-8-13(11-12)20-16-17(21(2)3)19(23)15-10-5-4-9-14(15)18(16)22;1-10-6-2-5-9-13(10)19-15-14(18)16(20)11-7-3-4-8-12(11)17(15)21/h1-4,9-11,23H,5-8H2;2-8,11,20-22H,9-10H2,1H3;4-11,20H,1-3H3;2-9,19H,18H2,1H3. The Bertz CT molecular complexity index is 4560. The molecule has 0 atom stereocenters. The summed E-state index contributed by atoms with van der Waals surface area (Å²) >= 11 is 0. The second kappa shape index (κ2) is 29.3. The van der Waals surface area contributed by atoms with Crippen LogP contribution in [0.1, 0.15) is 99.6 Å². The lowest BCUT2D eigenvalue weighted by Gasteiger charge is -2.34. The Morgan fingerprint density at radius 1 is 0.442 bits per heavy atom. The van der Waals surface area contributed by atoms with E-state index in [1.54, 1.807) is 121 Å². The van der Waals surface area contributed by atoms with Gasteiger partial charge in [-0.15, -0.1) is 0 Å². The average molecular weight is 1280 g/mol. The van der Waals surface area contributed by atoms with Crippen LogP contribution in [0.4, 0.5) is 31.5 Å². The van der Waals surface area contributed by atoms with Crippen molar-refractivity contribution in [2.24, 2.45) is 5.73 Å². The summed E-state index contributed by atoms with van der Waals surface area (Å²) in [6.45, 7) is 7.65. The Balaban J connectivity index is 0.000000139. The molecule has 8 N–H and O–H groups in total. The third-order valence-electron chi connectivity index (χ3n) is 15.8. The number of benzene rings is 8.